The Hall–Kier alpha value is -0.860. The Morgan fingerprint density at radius 2 is 1.65 bits per heavy atom. The largest absolute Gasteiger partial charge is 0.313 e. The van der Waals surface area contributed by atoms with Crippen LogP contribution in [0.2, 0.25) is 0 Å². The van der Waals surface area contributed by atoms with Crippen LogP contribution >= 0.6 is 0 Å². The van der Waals surface area contributed by atoms with Gasteiger partial charge in [-0.05, 0) is 52.0 Å². The lowest BCUT2D eigenvalue weighted by Gasteiger charge is -2.47. The molecule has 0 aromatic heterocycles. The van der Waals surface area contributed by atoms with E-state index in [2.05, 4.69) is 75.6 Å². The molecule has 1 aromatic rings. The molecule has 1 fully saturated rings. The van der Waals surface area contributed by atoms with Crippen molar-refractivity contribution in [1.29, 1.82) is 0 Å². The van der Waals surface area contributed by atoms with Gasteiger partial charge in [-0.2, -0.15) is 0 Å². The number of rotatable bonds is 4. The molecular formula is C18H30N2. The number of benzene rings is 1. The predicted octanol–water partition coefficient (Wildman–Crippen LogP) is 3.69. The van der Waals surface area contributed by atoms with Gasteiger partial charge in [0.25, 0.3) is 0 Å². The Morgan fingerprint density at radius 3 is 2.20 bits per heavy atom. The monoisotopic (exact) mass is 274 g/mol. The number of hydrogen-bond donors (Lipinski definition) is 2. The van der Waals surface area contributed by atoms with Gasteiger partial charge in [-0.3, -0.25) is 0 Å². The van der Waals surface area contributed by atoms with E-state index in [1.54, 1.807) is 0 Å². The standard InChI is InChI=1S/C18H30N2/c1-14(15-9-7-6-8-10-15)13-19-16-11-17(2,3)20-18(4,5)12-16/h6-10,14,16,19-20H,11-13H2,1-5H3. The zero-order valence-corrected chi connectivity index (χ0v) is 13.7. The van der Waals surface area contributed by atoms with Gasteiger partial charge in [-0.1, -0.05) is 37.3 Å². The quantitative estimate of drug-likeness (QED) is 0.875. The van der Waals surface area contributed by atoms with Gasteiger partial charge in [0.1, 0.15) is 0 Å². The van der Waals surface area contributed by atoms with Crippen molar-refractivity contribution < 1.29 is 0 Å². The minimum Gasteiger partial charge on any atom is -0.313 e. The Kier molecular flexibility index (Phi) is 4.55. The van der Waals surface area contributed by atoms with Crippen molar-refractivity contribution in [1.82, 2.24) is 10.6 Å². The van der Waals surface area contributed by atoms with Gasteiger partial charge in [-0.25, -0.2) is 0 Å². The summed E-state index contributed by atoms with van der Waals surface area (Å²) in [4.78, 5) is 0. The first kappa shape index (κ1) is 15.5. The molecule has 1 atom stereocenters. The van der Waals surface area contributed by atoms with Crippen LogP contribution in [0.15, 0.2) is 30.3 Å². The summed E-state index contributed by atoms with van der Waals surface area (Å²) in [5.74, 6) is 0.567. The van der Waals surface area contributed by atoms with Gasteiger partial charge in [0.05, 0.1) is 0 Å². The first-order valence-electron chi connectivity index (χ1n) is 7.85. The summed E-state index contributed by atoms with van der Waals surface area (Å²) in [6.07, 6.45) is 2.38. The molecule has 1 aliphatic rings. The first-order chi connectivity index (χ1) is 9.27. The second-order valence-electron chi connectivity index (χ2n) is 7.72. The minimum absolute atomic E-state index is 0.218. The topological polar surface area (TPSA) is 24.1 Å². The van der Waals surface area contributed by atoms with E-state index in [9.17, 15) is 0 Å². The second-order valence-corrected chi connectivity index (χ2v) is 7.72. The van der Waals surface area contributed by atoms with Crippen LogP contribution in [0.3, 0.4) is 0 Å². The molecular weight excluding hydrogens is 244 g/mol. The normalized spacial score (nSPS) is 23.4. The molecule has 2 heteroatoms. The Labute approximate surface area is 124 Å². The highest BCUT2D eigenvalue weighted by molar-refractivity contribution is 5.19. The summed E-state index contributed by atoms with van der Waals surface area (Å²) in [5.41, 5.74) is 1.86. The molecule has 2 nitrogen and oxygen atoms in total. The third-order valence-corrected chi connectivity index (χ3v) is 4.27. The molecule has 1 saturated heterocycles. The van der Waals surface area contributed by atoms with Crippen molar-refractivity contribution in [3.8, 4) is 0 Å². The Balaban J connectivity index is 1.90. The van der Waals surface area contributed by atoms with Crippen LogP contribution in [0.5, 0.6) is 0 Å². The molecule has 0 radical (unpaired) electrons. The molecule has 1 heterocycles. The van der Waals surface area contributed by atoms with Crippen LogP contribution in [0.1, 0.15) is 58.9 Å². The van der Waals surface area contributed by atoms with Crippen molar-refractivity contribution in [2.75, 3.05) is 6.54 Å². The molecule has 20 heavy (non-hydrogen) atoms. The predicted molar refractivity (Wildman–Crippen MR) is 87.2 cm³/mol. The van der Waals surface area contributed by atoms with Crippen LogP contribution in [0.4, 0.5) is 0 Å². The summed E-state index contributed by atoms with van der Waals surface area (Å²) in [6.45, 7) is 12.6. The summed E-state index contributed by atoms with van der Waals surface area (Å²) in [7, 11) is 0. The minimum atomic E-state index is 0.218. The summed E-state index contributed by atoms with van der Waals surface area (Å²) < 4.78 is 0. The Bertz CT molecular complexity index is 406. The molecule has 0 spiro atoms. The molecule has 0 bridgehead atoms. The van der Waals surface area contributed by atoms with E-state index in [1.165, 1.54) is 18.4 Å². The van der Waals surface area contributed by atoms with E-state index in [1.807, 2.05) is 0 Å². The average molecular weight is 274 g/mol. The fourth-order valence-electron chi connectivity index (χ4n) is 3.71. The van der Waals surface area contributed by atoms with Gasteiger partial charge < -0.3 is 10.6 Å². The van der Waals surface area contributed by atoms with Crippen molar-refractivity contribution >= 4 is 0 Å². The van der Waals surface area contributed by atoms with E-state index in [-0.39, 0.29) is 11.1 Å². The smallest absolute Gasteiger partial charge is 0.0144 e. The van der Waals surface area contributed by atoms with Crippen LogP contribution in [-0.2, 0) is 0 Å². The van der Waals surface area contributed by atoms with E-state index >= 15 is 0 Å². The van der Waals surface area contributed by atoms with Crippen LogP contribution in [0, 0.1) is 0 Å². The van der Waals surface area contributed by atoms with Crippen molar-refractivity contribution in [3.63, 3.8) is 0 Å². The summed E-state index contributed by atoms with van der Waals surface area (Å²) >= 11 is 0. The lowest BCUT2D eigenvalue weighted by Crippen LogP contribution is -2.61. The highest BCUT2D eigenvalue weighted by Crippen LogP contribution is 2.28. The van der Waals surface area contributed by atoms with E-state index < -0.39 is 0 Å². The molecule has 0 aliphatic carbocycles. The highest BCUT2D eigenvalue weighted by Gasteiger charge is 2.37. The average Bonchev–Trinajstić information content (AvgIpc) is 2.33. The zero-order chi connectivity index (χ0) is 14.8. The molecule has 1 aliphatic heterocycles. The van der Waals surface area contributed by atoms with Crippen LogP contribution < -0.4 is 10.6 Å². The van der Waals surface area contributed by atoms with Gasteiger partial charge >= 0.3 is 0 Å². The SMILES string of the molecule is CC(CNC1CC(C)(C)NC(C)(C)C1)c1ccccc1. The molecule has 1 aromatic carbocycles. The molecule has 0 amide bonds. The number of hydrogen-bond acceptors (Lipinski definition) is 2. The zero-order valence-electron chi connectivity index (χ0n) is 13.7. The third-order valence-electron chi connectivity index (χ3n) is 4.27. The molecule has 112 valence electrons. The third kappa shape index (κ3) is 4.32. The van der Waals surface area contributed by atoms with Gasteiger partial charge in [-0.15, -0.1) is 0 Å². The molecule has 2 rings (SSSR count). The lowest BCUT2D eigenvalue weighted by molar-refractivity contribution is 0.145. The van der Waals surface area contributed by atoms with Crippen molar-refractivity contribution in [3.05, 3.63) is 35.9 Å². The fraction of sp³-hybridized carbons (Fsp3) is 0.667. The summed E-state index contributed by atoms with van der Waals surface area (Å²) in [5, 5.41) is 7.53. The van der Waals surface area contributed by atoms with Crippen molar-refractivity contribution in [2.45, 2.75) is 70.5 Å². The van der Waals surface area contributed by atoms with Gasteiger partial charge in [0.15, 0.2) is 0 Å². The maximum absolute atomic E-state index is 3.79. The van der Waals surface area contributed by atoms with Crippen LogP contribution in [0.25, 0.3) is 0 Å². The van der Waals surface area contributed by atoms with Gasteiger partial charge in [0.2, 0.25) is 0 Å². The van der Waals surface area contributed by atoms with E-state index in [4.69, 9.17) is 0 Å². The highest BCUT2D eigenvalue weighted by atomic mass is 15.1. The van der Waals surface area contributed by atoms with Crippen molar-refractivity contribution in [2.24, 2.45) is 0 Å². The van der Waals surface area contributed by atoms with Crippen LogP contribution in [-0.4, -0.2) is 23.7 Å². The van der Waals surface area contributed by atoms with E-state index in [0.29, 0.717) is 12.0 Å². The molecule has 1 unspecified atom stereocenters. The maximum atomic E-state index is 3.79. The summed E-state index contributed by atoms with van der Waals surface area (Å²) in [6, 6.07) is 11.4. The molecule has 2 N–H and O–H groups in total. The van der Waals surface area contributed by atoms with Gasteiger partial charge in [0, 0.05) is 23.7 Å². The van der Waals surface area contributed by atoms with E-state index in [0.717, 1.165) is 6.54 Å². The maximum Gasteiger partial charge on any atom is 0.0144 e. The first-order valence-corrected chi connectivity index (χ1v) is 7.85. The molecule has 0 saturated carbocycles. The second kappa shape index (κ2) is 5.87. The number of piperidine rings is 1. The lowest BCUT2D eigenvalue weighted by atomic mass is 9.79. The Morgan fingerprint density at radius 1 is 1.10 bits per heavy atom. The fourth-order valence-corrected chi connectivity index (χ4v) is 3.71. The number of nitrogens with one attached hydrogen (secondary N) is 2.